The smallest absolute Gasteiger partial charge is 0.251 e. The van der Waals surface area contributed by atoms with Crippen molar-refractivity contribution in [1.29, 1.82) is 0 Å². The molecule has 2 atom stereocenters. The van der Waals surface area contributed by atoms with Crippen molar-refractivity contribution in [2.75, 3.05) is 0 Å². The van der Waals surface area contributed by atoms with Gasteiger partial charge in [0.05, 0.1) is 3.57 Å². The Morgan fingerprint density at radius 1 is 1.39 bits per heavy atom. The molecule has 0 saturated heterocycles. The average Bonchev–Trinajstić information content (AvgIpc) is 2.35. The van der Waals surface area contributed by atoms with Gasteiger partial charge in [-0.2, -0.15) is 0 Å². The molecule has 1 aromatic carbocycles. The zero-order valence-corrected chi connectivity index (χ0v) is 12.6. The number of aromatic hydroxyl groups is 1. The van der Waals surface area contributed by atoms with E-state index in [1.165, 1.54) is 25.3 Å². The van der Waals surface area contributed by atoms with Crippen molar-refractivity contribution in [3.8, 4) is 5.75 Å². The lowest BCUT2D eigenvalue weighted by atomic mass is 9.86. The van der Waals surface area contributed by atoms with Crippen LogP contribution >= 0.6 is 22.6 Å². The summed E-state index contributed by atoms with van der Waals surface area (Å²) < 4.78 is 0.759. The van der Waals surface area contributed by atoms with Gasteiger partial charge in [0.2, 0.25) is 0 Å². The standard InChI is InChI=1S/C14H18INO2/c1-9-4-2-3-5-12(9)16-14(18)10-6-7-11(15)13(17)8-10/h6-9,12,17H,2-5H2,1H3,(H,16,18). The minimum Gasteiger partial charge on any atom is -0.507 e. The van der Waals surface area contributed by atoms with Gasteiger partial charge < -0.3 is 10.4 Å². The third-order valence-corrected chi connectivity index (χ3v) is 4.55. The SMILES string of the molecule is CC1CCCCC1NC(=O)c1ccc(I)c(O)c1. The van der Waals surface area contributed by atoms with Gasteiger partial charge in [0.25, 0.3) is 5.91 Å². The molecule has 2 unspecified atom stereocenters. The molecule has 0 aliphatic heterocycles. The first-order valence-electron chi connectivity index (χ1n) is 6.37. The Morgan fingerprint density at radius 2 is 2.11 bits per heavy atom. The molecule has 0 spiro atoms. The molecule has 2 rings (SSSR count). The maximum absolute atomic E-state index is 12.1. The van der Waals surface area contributed by atoms with Gasteiger partial charge in [-0.1, -0.05) is 19.8 Å². The van der Waals surface area contributed by atoms with Gasteiger partial charge in [0.1, 0.15) is 5.75 Å². The summed E-state index contributed by atoms with van der Waals surface area (Å²) in [5.74, 6) is 0.625. The van der Waals surface area contributed by atoms with Crippen molar-refractivity contribution >= 4 is 28.5 Å². The molecule has 0 aromatic heterocycles. The van der Waals surface area contributed by atoms with E-state index < -0.39 is 0 Å². The molecule has 1 amide bonds. The highest BCUT2D eigenvalue weighted by Crippen LogP contribution is 2.25. The number of halogens is 1. The normalized spacial score (nSPS) is 23.7. The van der Waals surface area contributed by atoms with Crippen LogP contribution in [0.3, 0.4) is 0 Å². The molecule has 1 saturated carbocycles. The van der Waals surface area contributed by atoms with Gasteiger partial charge in [0.15, 0.2) is 0 Å². The molecule has 1 aliphatic carbocycles. The molecule has 3 nitrogen and oxygen atoms in total. The van der Waals surface area contributed by atoms with E-state index in [2.05, 4.69) is 12.2 Å². The number of carbonyl (C=O) groups is 1. The van der Waals surface area contributed by atoms with Gasteiger partial charge in [-0.15, -0.1) is 0 Å². The summed E-state index contributed by atoms with van der Waals surface area (Å²) in [4.78, 5) is 12.1. The third kappa shape index (κ3) is 3.16. The van der Waals surface area contributed by atoms with Crippen molar-refractivity contribution in [1.82, 2.24) is 5.32 Å². The molecular weight excluding hydrogens is 341 g/mol. The molecule has 18 heavy (non-hydrogen) atoms. The molecule has 98 valence electrons. The lowest BCUT2D eigenvalue weighted by molar-refractivity contribution is 0.0910. The van der Waals surface area contributed by atoms with Crippen molar-refractivity contribution < 1.29 is 9.90 Å². The zero-order valence-electron chi connectivity index (χ0n) is 10.4. The summed E-state index contributed by atoms with van der Waals surface area (Å²) in [5.41, 5.74) is 0.533. The van der Waals surface area contributed by atoms with Crippen LogP contribution in [-0.2, 0) is 0 Å². The first kappa shape index (κ1) is 13.6. The number of amides is 1. The van der Waals surface area contributed by atoms with E-state index >= 15 is 0 Å². The number of phenolic OH excluding ortho intramolecular Hbond substituents is 1. The molecule has 2 N–H and O–H groups in total. The van der Waals surface area contributed by atoms with Crippen LogP contribution < -0.4 is 5.32 Å². The van der Waals surface area contributed by atoms with Crippen LogP contribution in [0.15, 0.2) is 18.2 Å². The van der Waals surface area contributed by atoms with Crippen LogP contribution in [0, 0.1) is 9.49 Å². The Labute approximate surface area is 121 Å². The largest absolute Gasteiger partial charge is 0.507 e. The molecular formula is C14H18INO2. The number of hydrogen-bond donors (Lipinski definition) is 2. The van der Waals surface area contributed by atoms with E-state index in [0.717, 1.165) is 9.99 Å². The molecule has 0 heterocycles. The Morgan fingerprint density at radius 3 is 2.78 bits per heavy atom. The van der Waals surface area contributed by atoms with Crippen molar-refractivity contribution in [3.63, 3.8) is 0 Å². The number of benzene rings is 1. The highest BCUT2D eigenvalue weighted by molar-refractivity contribution is 14.1. The Hall–Kier alpha value is -0.780. The summed E-state index contributed by atoms with van der Waals surface area (Å²) in [6.07, 6.45) is 4.69. The second-order valence-corrected chi connectivity index (χ2v) is 6.17. The van der Waals surface area contributed by atoms with Crippen LogP contribution in [-0.4, -0.2) is 17.1 Å². The quantitative estimate of drug-likeness (QED) is 0.796. The summed E-state index contributed by atoms with van der Waals surface area (Å²) in [6.45, 7) is 2.19. The fourth-order valence-electron chi connectivity index (χ4n) is 2.44. The first-order valence-corrected chi connectivity index (χ1v) is 7.45. The summed E-state index contributed by atoms with van der Waals surface area (Å²) in [7, 11) is 0. The van der Waals surface area contributed by atoms with Crippen LogP contribution in [0.1, 0.15) is 43.0 Å². The average molecular weight is 359 g/mol. The van der Waals surface area contributed by atoms with Crippen molar-refractivity contribution in [3.05, 3.63) is 27.3 Å². The highest BCUT2D eigenvalue weighted by atomic mass is 127. The monoisotopic (exact) mass is 359 g/mol. The number of rotatable bonds is 2. The minimum absolute atomic E-state index is 0.0829. The van der Waals surface area contributed by atoms with Crippen molar-refractivity contribution in [2.24, 2.45) is 5.92 Å². The van der Waals surface area contributed by atoms with Crippen LogP contribution in [0.2, 0.25) is 0 Å². The molecule has 4 heteroatoms. The van der Waals surface area contributed by atoms with E-state index in [1.807, 2.05) is 22.6 Å². The van der Waals surface area contributed by atoms with E-state index in [9.17, 15) is 9.90 Å². The lowest BCUT2D eigenvalue weighted by Crippen LogP contribution is -2.41. The third-order valence-electron chi connectivity index (χ3n) is 3.64. The van der Waals surface area contributed by atoms with Gasteiger partial charge in [0, 0.05) is 11.6 Å². The van der Waals surface area contributed by atoms with Gasteiger partial charge in [-0.05, 0) is 59.5 Å². The predicted octanol–water partition coefficient (Wildman–Crippen LogP) is 3.31. The maximum Gasteiger partial charge on any atom is 0.251 e. The topological polar surface area (TPSA) is 49.3 Å². The zero-order chi connectivity index (χ0) is 13.1. The maximum atomic E-state index is 12.1. The Bertz CT molecular complexity index is 447. The Kier molecular flexibility index (Phi) is 4.48. The fourth-order valence-corrected chi connectivity index (χ4v) is 2.77. The predicted molar refractivity (Wildman–Crippen MR) is 79.7 cm³/mol. The van der Waals surface area contributed by atoms with E-state index in [-0.39, 0.29) is 17.7 Å². The number of nitrogens with one attached hydrogen (secondary N) is 1. The first-order chi connectivity index (χ1) is 8.58. The van der Waals surface area contributed by atoms with Crippen molar-refractivity contribution in [2.45, 2.75) is 38.6 Å². The van der Waals surface area contributed by atoms with Gasteiger partial charge in [-0.3, -0.25) is 4.79 Å². The number of hydrogen-bond acceptors (Lipinski definition) is 2. The summed E-state index contributed by atoms with van der Waals surface area (Å²) >= 11 is 2.04. The van der Waals surface area contributed by atoms with E-state index in [1.54, 1.807) is 12.1 Å². The van der Waals surface area contributed by atoms with Crippen LogP contribution in [0.25, 0.3) is 0 Å². The second kappa shape index (κ2) is 5.91. The fraction of sp³-hybridized carbons (Fsp3) is 0.500. The van der Waals surface area contributed by atoms with Gasteiger partial charge >= 0.3 is 0 Å². The van der Waals surface area contributed by atoms with E-state index in [4.69, 9.17) is 0 Å². The Balaban J connectivity index is 2.04. The second-order valence-electron chi connectivity index (χ2n) is 5.01. The molecule has 0 radical (unpaired) electrons. The minimum atomic E-state index is -0.0829. The number of phenols is 1. The highest BCUT2D eigenvalue weighted by Gasteiger charge is 2.23. The number of carbonyl (C=O) groups excluding carboxylic acids is 1. The summed E-state index contributed by atoms with van der Waals surface area (Å²) in [5, 5.41) is 12.7. The van der Waals surface area contributed by atoms with Gasteiger partial charge in [-0.25, -0.2) is 0 Å². The molecule has 1 fully saturated rings. The molecule has 1 aromatic rings. The van der Waals surface area contributed by atoms with Crippen LogP contribution in [0.5, 0.6) is 5.75 Å². The molecule has 0 bridgehead atoms. The summed E-state index contributed by atoms with van der Waals surface area (Å²) in [6, 6.07) is 5.32. The van der Waals surface area contributed by atoms with Crippen LogP contribution in [0.4, 0.5) is 0 Å². The molecule has 1 aliphatic rings. The van der Waals surface area contributed by atoms with E-state index in [0.29, 0.717) is 11.5 Å². The lowest BCUT2D eigenvalue weighted by Gasteiger charge is -2.29.